The van der Waals surface area contributed by atoms with Gasteiger partial charge in [-0.05, 0) is 56.7 Å². The zero-order valence-electron chi connectivity index (χ0n) is 16.6. The molecule has 0 saturated heterocycles. The van der Waals surface area contributed by atoms with Gasteiger partial charge >= 0.3 is 5.97 Å². The summed E-state index contributed by atoms with van der Waals surface area (Å²) in [6, 6.07) is 9.71. The first kappa shape index (κ1) is 22.2. The highest BCUT2D eigenvalue weighted by atomic mass is 35.5. The minimum atomic E-state index is -1.04. The van der Waals surface area contributed by atoms with Gasteiger partial charge in [-0.25, -0.2) is 4.79 Å². The number of carbonyl (C=O) groups is 3. The summed E-state index contributed by atoms with van der Waals surface area (Å²) >= 11 is 5.93. The molecule has 2 rings (SSSR count). The Bertz CT molecular complexity index is 927. The number of rotatable bonds is 8. The largest absolute Gasteiger partial charge is 0.493 e. The fourth-order valence-electron chi connectivity index (χ4n) is 2.39. The van der Waals surface area contributed by atoms with E-state index in [-0.39, 0.29) is 11.5 Å². The monoisotopic (exact) mass is 419 g/mol. The SMILES string of the molecule is COc1cc(C(C)=O)ccc1OCC(=O)O[C@H](C)C(=O)Nc1cc(Cl)ccc1C. The van der Waals surface area contributed by atoms with E-state index in [1.807, 2.05) is 6.92 Å². The quantitative estimate of drug-likeness (QED) is 0.516. The molecular formula is C21H22ClNO6. The molecule has 0 aromatic heterocycles. The number of nitrogens with one attached hydrogen (secondary N) is 1. The third-order valence-electron chi connectivity index (χ3n) is 4.05. The summed E-state index contributed by atoms with van der Waals surface area (Å²) in [5, 5.41) is 3.15. The Kier molecular flexibility index (Phi) is 7.61. The van der Waals surface area contributed by atoms with Gasteiger partial charge in [-0.1, -0.05) is 17.7 Å². The number of amides is 1. The lowest BCUT2D eigenvalue weighted by Crippen LogP contribution is -2.31. The van der Waals surface area contributed by atoms with Crippen LogP contribution >= 0.6 is 11.6 Å². The number of carbonyl (C=O) groups excluding carboxylic acids is 3. The average Bonchev–Trinajstić information content (AvgIpc) is 2.68. The number of hydrogen-bond donors (Lipinski definition) is 1. The van der Waals surface area contributed by atoms with Gasteiger partial charge in [-0.15, -0.1) is 0 Å². The van der Waals surface area contributed by atoms with Gasteiger partial charge in [0.15, 0.2) is 30.0 Å². The van der Waals surface area contributed by atoms with E-state index >= 15 is 0 Å². The predicted molar refractivity (Wildman–Crippen MR) is 109 cm³/mol. The first-order valence-corrected chi connectivity index (χ1v) is 9.17. The van der Waals surface area contributed by atoms with Gasteiger partial charge in [-0.3, -0.25) is 9.59 Å². The zero-order valence-corrected chi connectivity index (χ0v) is 17.3. The van der Waals surface area contributed by atoms with Crippen LogP contribution in [0.2, 0.25) is 5.02 Å². The fourth-order valence-corrected chi connectivity index (χ4v) is 2.56. The van der Waals surface area contributed by atoms with Gasteiger partial charge in [0.2, 0.25) is 0 Å². The average molecular weight is 420 g/mol. The number of Topliss-reactive ketones (excluding diaryl/α,β-unsaturated/α-hetero) is 1. The summed E-state index contributed by atoms with van der Waals surface area (Å²) < 4.78 is 15.7. The molecule has 0 aliphatic rings. The third-order valence-corrected chi connectivity index (χ3v) is 4.29. The van der Waals surface area contributed by atoms with E-state index < -0.39 is 24.6 Å². The molecule has 1 amide bonds. The standard InChI is InChI=1S/C21H22ClNO6/c1-12-5-7-16(22)10-17(12)23-21(26)14(3)29-20(25)11-28-18-8-6-15(13(2)24)9-19(18)27-4/h5-10,14H,11H2,1-4H3,(H,23,26)/t14-/m1/s1. The molecule has 1 atom stereocenters. The Hall–Kier alpha value is -3.06. The number of ether oxygens (including phenoxy) is 3. The smallest absolute Gasteiger partial charge is 0.344 e. The molecule has 8 heteroatoms. The van der Waals surface area contributed by atoms with Crippen molar-refractivity contribution in [3.63, 3.8) is 0 Å². The third kappa shape index (κ3) is 6.22. The van der Waals surface area contributed by atoms with Crippen LogP contribution in [0.1, 0.15) is 29.8 Å². The lowest BCUT2D eigenvalue weighted by molar-refractivity contribution is -0.155. The van der Waals surface area contributed by atoms with Gasteiger partial charge in [0.1, 0.15) is 0 Å². The van der Waals surface area contributed by atoms with Crippen molar-refractivity contribution in [2.75, 3.05) is 19.0 Å². The van der Waals surface area contributed by atoms with Gasteiger partial charge in [0.05, 0.1) is 7.11 Å². The van der Waals surface area contributed by atoms with Crippen LogP contribution in [-0.4, -0.2) is 37.5 Å². The molecule has 0 bridgehead atoms. The molecule has 0 aliphatic heterocycles. The highest BCUT2D eigenvalue weighted by Gasteiger charge is 2.19. The summed E-state index contributed by atoms with van der Waals surface area (Å²) in [7, 11) is 1.43. The maximum Gasteiger partial charge on any atom is 0.344 e. The zero-order chi connectivity index (χ0) is 21.6. The fraction of sp³-hybridized carbons (Fsp3) is 0.286. The van der Waals surface area contributed by atoms with E-state index in [9.17, 15) is 14.4 Å². The Labute approximate surface area is 173 Å². The van der Waals surface area contributed by atoms with Crippen LogP contribution in [0, 0.1) is 6.92 Å². The normalized spacial score (nSPS) is 11.3. The van der Waals surface area contributed by atoms with Crippen molar-refractivity contribution in [1.82, 2.24) is 0 Å². The molecule has 7 nitrogen and oxygen atoms in total. The van der Waals surface area contributed by atoms with Crippen LogP contribution in [0.4, 0.5) is 5.69 Å². The Morgan fingerprint density at radius 2 is 1.83 bits per heavy atom. The lowest BCUT2D eigenvalue weighted by atomic mass is 10.1. The second-order valence-electron chi connectivity index (χ2n) is 6.29. The number of hydrogen-bond acceptors (Lipinski definition) is 6. The summed E-state index contributed by atoms with van der Waals surface area (Å²) in [5.41, 5.74) is 1.82. The van der Waals surface area contributed by atoms with Crippen LogP contribution in [0.5, 0.6) is 11.5 Å². The number of methoxy groups -OCH3 is 1. The summed E-state index contributed by atoms with van der Waals surface area (Å²) in [5.74, 6) is -0.752. The molecule has 0 fully saturated rings. The number of aryl methyl sites for hydroxylation is 1. The molecule has 2 aromatic carbocycles. The van der Waals surface area contributed by atoms with E-state index in [0.717, 1.165) is 5.56 Å². The molecule has 0 spiro atoms. The van der Waals surface area contributed by atoms with Crippen molar-refractivity contribution < 1.29 is 28.6 Å². The van der Waals surface area contributed by atoms with Crippen molar-refractivity contribution in [2.45, 2.75) is 26.9 Å². The van der Waals surface area contributed by atoms with E-state index in [0.29, 0.717) is 22.0 Å². The van der Waals surface area contributed by atoms with Crippen molar-refractivity contribution in [3.05, 3.63) is 52.5 Å². The molecule has 0 aliphatic carbocycles. The number of halogens is 1. The van der Waals surface area contributed by atoms with Crippen LogP contribution in [0.3, 0.4) is 0 Å². The topological polar surface area (TPSA) is 90.9 Å². The predicted octanol–water partition coefficient (Wildman–Crippen LogP) is 3.81. The molecule has 0 unspecified atom stereocenters. The Balaban J connectivity index is 1.92. The molecule has 0 heterocycles. The van der Waals surface area contributed by atoms with E-state index in [1.165, 1.54) is 33.1 Å². The number of ketones is 1. The highest BCUT2D eigenvalue weighted by Crippen LogP contribution is 2.28. The minimum absolute atomic E-state index is 0.121. The number of esters is 1. The molecule has 29 heavy (non-hydrogen) atoms. The van der Waals surface area contributed by atoms with Gasteiger partial charge < -0.3 is 19.5 Å². The number of benzene rings is 2. The molecular weight excluding hydrogens is 398 g/mol. The highest BCUT2D eigenvalue weighted by molar-refractivity contribution is 6.31. The van der Waals surface area contributed by atoms with Crippen molar-refractivity contribution in [2.24, 2.45) is 0 Å². The number of anilines is 1. The Morgan fingerprint density at radius 3 is 2.48 bits per heavy atom. The van der Waals surface area contributed by atoms with E-state index in [1.54, 1.807) is 24.3 Å². The summed E-state index contributed by atoms with van der Waals surface area (Å²) in [6.07, 6.45) is -1.04. The molecule has 0 saturated carbocycles. The van der Waals surface area contributed by atoms with E-state index in [2.05, 4.69) is 5.32 Å². The van der Waals surface area contributed by atoms with Crippen molar-refractivity contribution in [3.8, 4) is 11.5 Å². The first-order chi connectivity index (χ1) is 13.7. The van der Waals surface area contributed by atoms with Crippen molar-refractivity contribution in [1.29, 1.82) is 0 Å². The van der Waals surface area contributed by atoms with Crippen LogP contribution in [0.25, 0.3) is 0 Å². The Morgan fingerprint density at radius 1 is 1.10 bits per heavy atom. The first-order valence-electron chi connectivity index (χ1n) is 8.79. The minimum Gasteiger partial charge on any atom is -0.493 e. The molecule has 154 valence electrons. The summed E-state index contributed by atoms with van der Waals surface area (Å²) in [6.45, 7) is 4.28. The van der Waals surface area contributed by atoms with Gasteiger partial charge in [-0.2, -0.15) is 0 Å². The molecule has 0 radical (unpaired) electrons. The molecule has 1 N–H and O–H groups in total. The van der Waals surface area contributed by atoms with Crippen LogP contribution in [-0.2, 0) is 14.3 Å². The van der Waals surface area contributed by atoms with Gasteiger partial charge in [0.25, 0.3) is 5.91 Å². The van der Waals surface area contributed by atoms with Crippen LogP contribution < -0.4 is 14.8 Å². The maximum absolute atomic E-state index is 12.3. The van der Waals surface area contributed by atoms with Crippen LogP contribution in [0.15, 0.2) is 36.4 Å². The maximum atomic E-state index is 12.3. The van der Waals surface area contributed by atoms with Gasteiger partial charge in [0, 0.05) is 16.3 Å². The second kappa shape index (κ2) is 9.93. The molecule has 2 aromatic rings. The van der Waals surface area contributed by atoms with E-state index in [4.69, 9.17) is 25.8 Å². The van der Waals surface area contributed by atoms with Crippen molar-refractivity contribution >= 4 is 34.9 Å². The second-order valence-corrected chi connectivity index (χ2v) is 6.73. The summed E-state index contributed by atoms with van der Waals surface area (Å²) in [4.78, 5) is 35.7. The lowest BCUT2D eigenvalue weighted by Gasteiger charge is -2.16.